The third-order valence-corrected chi connectivity index (χ3v) is 3.60. The number of halogens is 2. The number of rotatable bonds is 2. The Morgan fingerprint density at radius 1 is 0.750 bits per heavy atom. The minimum Gasteiger partial charge on any atom is -0.276 e. The molecule has 0 spiro atoms. The predicted molar refractivity (Wildman–Crippen MR) is 84.2 cm³/mol. The van der Waals surface area contributed by atoms with Gasteiger partial charge in [0.25, 0.3) is 10.5 Å². The van der Waals surface area contributed by atoms with Crippen LogP contribution in [0.25, 0.3) is 0 Å². The van der Waals surface area contributed by atoms with E-state index in [1.807, 2.05) is 41.5 Å². The highest BCUT2D eigenvalue weighted by Crippen LogP contribution is 2.35. The van der Waals surface area contributed by atoms with Crippen LogP contribution in [-0.4, -0.2) is 10.5 Å². The van der Waals surface area contributed by atoms with Gasteiger partial charge < -0.3 is 0 Å². The largest absolute Gasteiger partial charge is 0.276 e. The van der Waals surface area contributed by atoms with Crippen LogP contribution in [0.5, 0.6) is 0 Å². The molecule has 0 aliphatic carbocycles. The Kier molecular flexibility index (Phi) is 4.72. The Hall–Kier alpha value is -0.860. The number of hydrogen-bond donors (Lipinski definition) is 0. The van der Waals surface area contributed by atoms with Gasteiger partial charge in [-0.15, -0.1) is 0 Å². The van der Waals surface area contributed by atoms with Crippen LogP contribution >= 0.6 is 23.2 Å². The lowest BCUT2D eigenvalue weighted by atomic mass is 9.77. The second kappa shape index (κ2) is 5.50. The van der Waals surface area contributed by atoms with Crippen LogP contribution < -0.4 is 0 Å². The Labute approximate surface area is 130 Å². The zero-order valence-electron chi connectivity index (χ0n) is 12.7. The summed E-state index contributed by atoms with van der Waals surface area (Å²) in [6.45, 7) is 11.8. The molecule has 20 heavy (non-hydrogen) atoms. The summed E-state index contributed by atoms with van der Waals surface area (Å²) in [7, 11) is 0. The quantitative estimate of drug-likeness (QED) is 0.717. The first-order chi connectivity index (χ1) is 8.85. The highest BCUT2D eigenvalue weighted by atomic mass is 35.5. The maximum Gasteiger partial charge on any atom is 0.252 e. The molecule has 0 aromatic heterocycles. The van der Waals surface area contributed by atoms with Crippen molar-refractivity contribution in [2.24, 2.45) is 0 Å². The summed E-state index contributed by atoms with van der Waals surface area (Å²) in [6.07, 6.45) is 0. The third-order valence-electron chi connectivity index (χ3n) is 3.20. The van der Waals surface area contributed by atoms with Gasteiger partial charge in [-0.3, -0.25) is 9.59 Å². The Morgan fingerprint density at radius 3 is 1.15 bits per heavy atom. The van der Waals surface area contributed by atoms with Gasteiger partial charge in [-0.2, -0.15) is 0 Å². The molecule has 1 aromatic carbocycles. The molecule has 1 aromatic rings. The van der Waals surface area contributed by atoms with E-state index in [0.29, 0.717) is 11.1 Å². The second-order valence-corrected chi connectivity index (χ2v) is 7.68. The highest BCUT2D eigenvalue weighted by molar-refractivity contribution is 6.68. The summed E-state index contributed by atoms with van der Waals surface area (Å²) in [5.74, 6) is 0. The fraction of sp³-hybridized carbons (Fsp3) is 0.500. The van der Waals surface area contributed by atoms with Gasteiger partial charge in [0.2, 0.25) is 0 Å². The smallest absolute Gasteiger partial charge is 0.252 e. The fourth-order valence-corrected chi connectivity index (χ4v) is 2.48. The average Bonchev–Trinajstić information content (AvgIpc) is 2.24. The van der Waals surface area contributed by atoms with Gasteiger partial charge in [-0.25, -0.2) is 0 Å². The average molecular weight is 315 g/mol. The summed E-state index contributed by atoms with van der Waals surface area (Å²) < 4.78 is 0. The van der Waals surface area contributed by atoms with E-state index in [9.17, 15) is 9.59 Å². The van der Waals surface area contributed by atoms with Gasteiger partial charge in [0.05, 0.1) is 0 Å². The first-order valence-electron chi connectivity index (χ1n) is 6.44. The van der Waals surface area contributed by atoms with E-state index in [2.05, 4.69) is 0 Å². The molecule has 0 saturated carbocycles. The molecule has 0 atom stereocenters. The maximum absolute atomic E-state index is 11.7. The van der Waals surface area contributed by atoms with Crippen LogP contribution in [0.15, 0.2) is 12.1 Å². The summed E-state index contributed by atoms with van der Waals surface area (Å²) in [5, 5.41) is -1.04. The van der Waals surface area contributed by atoms with Crippen molar-refractivity contribution in [1.29, 1.82) is 0 Å². The van der Waals surface area contributed by atoms with Crippen molar-refractivity contribution in [2.45, 2.75) is 52.4 Å². The molecule has 2 nitrogen and oxygen atoms in total. The van der Waals surface area contributed by atoms with Crippen molar-refractivity contribution in [2.75, 3.05) is 0 Å². The molecule has 110 valence electrons. The van der Waals surface area contributed by atoms with Gasteiger partial charge in [-0.05, 0) is 57.3 Å². The summed E-state index contributed by atoms with van der Waals surface area (Å²) in [6, 6.07) is 3.40. The van der Waals surface area contributed by atoms with Crippen molar-refractivity contribution in [3.63, 3.8) is 0 Å². The molecule has 0 fully saturated rings. The molecule has 0 saturated heterocycles. The van der Waals surface area contributed by atoms with Gasteiger partial charge in [-0.1, -0.05) is 41.5 Å². The Balaban J connectivity index is 3.79. The highest BCUT2D eigenvalue weighted by Gasteiger charge is 2.28. The SMILES string of the molecule is CC(C)(C)c1cc(C(=O)Cl)c(C(C)(C)C)cc1C(=O)Cl. The van der Waals surface area contributed by atoms with Crippen LogP contribution in [0.3, 0.4) is 0 Å². The lowest BCUT2D eigenvalue weighted by molar-refractivity contribution is 0.106. The lowest BCUT2D eigenvalue weighted by Crippen LogP contribution is -2.22. The molecule has 0 N–H and O–H groups in total. The van der Waals surface area contributed by atoms with Crippen molar-refractivity contribution >= 4 is 33.7 Å². The third kappa shape index (κ3) is 3.62. The van der Waals surface area contributed by atoms with Crippen LogP contribution in [-0.2, 0) is 10.8 Å². The minimum absolute atomic E-state index is 0.308. The molecule has 1 rings (SSSR count). The van der Waals surface area contributed by atoms with E-state index < -0.39 is 10.5 Å². The number of hydrogen-bond acceptors (Lipinski definition) is 2. The topological polar surface area (TPSA) is 34.1 Å². The van der Waals surface area contributed by atoms with Gasteiger partial charge in [0, 0.05) is 11.1 Å². The van der Waals surface area contributed by atoms with E-state index in [1.54, 1.807) is 12.1 Å². The van der Waals surface area contributed by atoms with Crippen molar-refractivity contribution in [1.82, 2.24) is 0 Å². The first-order valence-corrected chi connectivity index (χ1v) is 7.20. The number of carbonyl (C=O) groups excluding carboxylic acids is 2. The second-order valence-electron chi connectivity index (χ2n) is 6.99. The molecule has 0 bridgehead atoms. The van der Waals surface area contributed by atoms with Crippen molar-refractivity contribution in [3.05, 3.63) is 34.4 Å². The van der Waals surface area contributed by atoms with E-state index in [4.69, 9.17) is 23.2 Å². The molecule has 0 amide bonds. The maximum atomic E-state index is 11.7. The fourth-order valence-electron chi connectivity index (χ4n) is 2.17. The first kappa shape index (κ1) is 17.2. The van der Waals surface area contributed by atoms with E-state index in [-0.39, 0.29) is 10.8 Å². The Morgan fingerprint density at radius 2 is 1.00 bits per heavy atom. The summed E-state index contributed by atoms with van der Waals surface area (Å²) in [5.41, 5.74) is 1.72. The van der Waals surface area contributed by atoms with Gasteiger partial charge >= 0.3 is 0 Å². The Bertz CT molecular complexity index is 509. The monoisotopic (exact) mass is 314 g/mol. The summed E-state index contributed by atoms with van der Waals surface area (Å²) in [4.78, 5) is 23.4. The normalized spacial score (nSPS) is 12.4. The standard InChI is InChI=1S/C16H20Cl2O2/c1-15(2,3)11-7-10(14(18)20)12(16(4,5)6)8-9(11)13(17)19/h7-8H,1-6H3. The zero-order chi connectivity index (χ0) is 15.9. The van der Waals surface area contributed by atoms with E-state index >= 15 is 0 Å². The minimum atomic E-state index is -0.519. The number of carbonyl (C=O) groups is 2. The molecular weight excluding hydrogens is 295 g/mol. The summed E-state index contributed by atoms with van der Waals surface area (Å²) >= 11 is 11.4. The van der Waals surface area contributed by atoms with Crippen LogP contribution in [0.4, 0.5) is 0 Å². The number of benzene rings is 1. The predicted octanol–water partition coefficient (Wildman–Crippen LogP) is 5.04. The molecule has 0 radical (unpaired) electrons. The van der Waals surface area contributed by atoms with Crippen LogP contribution in [0, 0.1) is 0 Å². The molecule has 0 aliphatic rings. The lowest BCUT2D eigenvalue weighted by Gasteiger charge is -2.27. The zero-order valence-corrected chi connectivity index (χ0v) is 14.2. The van der Waals surface area contributed by atoms with E-state index in [1.165, 1.54) is 0 Å². The van der Waals surface area contributed by atoms with Gasteiger partial charge in [0.1, 0.15) is 0 Å². The van der Waals surface area contributed by atoms with E-state index in [0.717, 1.165) is 11.1 Å². The molecular formula is C16H20Cl2O2. The molecule has 4 heteroatoms. The van der Waals surface area contributed by atoms with Crippen LogP contribution in [0.1, 0.15) is 73.4 Å². The van der Waals surface area contributed by atoms with Crippen molar-refractivity contribution in [3.8, 4) is 0 Å². The molecule has 0 aliphatic heterocycles. The van der Waals surface area contributed by atoms with Crippen LogP contribution in [0.2, 0.25) is 0 Å². The molecule has 0 unspecified atom stereocenters. The van der Waals surface area contributed by atoms with Gasteiger partial charge in [0.15, 0.2) is 0 Å². The molecule has 0 heterocycles. The van der Waals surface area contributed by atoms with Crippen molar-refractivity contribution < 1.29 is 9.59 Å².